The second kappa shape index (κ2) is 13.1. The van der Waals surface area contributed by atoms with Crippen molar-refractivity contribution in [3.8, 4) is 0 Å². The molecule has 0 aromatic heterocycles. The molecule has 0 aliphatic carbocycles. The number of aliphatic carboxylic acids is 2. The second-order valence-corrected chi connectivity index (χ2v) is 6.42. The molecule has 0 bridgehead atoms. The zero-order valence-electron chi connectivity index (χ0n) is 16.3. The zero-order valence-corrected chi connectivity index (χ0v) is 16.3. The number of nitrogens with one attached hydrogen (secondary N) is 3. The Morgan fingerprint density at radius 3 is 1.83 bits per heavy atom. The van der Waals surface area contributed by atoms with Gasteiger partial charge >= 0.3 is 11.9 Å². The van der Waals surface area contributed by atoms with E-state index in [9.17, 15) is 28.8 Å². The van der Waals surface area contributed by atoms with E-state index >= 15 is 0 Å². The van der Waals surface area contributed by atoms with E-state index < -0.39 is 79.2 Å². The summed E-state index contributed by atoms with van der Waals surface area (Å²) >= 11 is 0. The molecule has 10 N–H and O–H groups in total. The Hall–Kier alpha value is -3.26. The van der Waals surface area contributed by atoms with Crippen molar-refractivity contribution in [3.05, 3.63) is 0 Å². The first-order chi connectivity index (χ1) is 13.9. The number of carboxylic acid groups (broad SMARTS) is 2. The molecule has 170 valence electrons. The largest absolute Gasteiger partial charge is 0.481 e. The van der Waals surface area contributed by atoms with E-state index in [1.165, 1.54) is 6.92 Å². The SMILES string of the molecule is CC(NC(=O)C(N)CO)C(=O)NC(CCC(N)=O)C(=O)NC(CCC(=O)O)C(=O)O. The lowest BCUT2D eigenvalue weighted by Gasteiger charge is -2.23. The quantitative estimate of drug-likeness (QED) is 0.132. The van der Waals surface area contributed by atoms with Gasteiger partial charge in [0.2, 0.25) is 23.6 Å². The maximum atomic E-state index is 12.4. The molecule has 4 amide bonds. The highest BCUT2D eigenvalue weighted by Crippen LogP contribution is 2.03. The molecular weight excluding hydrogens is 406 g/mol. The van der Waals surface area contributed by atoms with Crippen LogP contribution < -0.4 is 27.4 Å². The summed E-state index contributed by atoms with van der Waals surface area (Å²) in [6, 6.07) is -5.37. The maximum Gasteiger partial charge on any atom is 0.326 e. The number of hydrogen-bond donors (Lipinski definition) is 8. The van der Waals surface area contributed by atoms with Crippen molar-refractivity contribution < 1.29 is 44.1 Å². The highest BCUT2D eigenvalue weighted by Gasteiger charge is 2.29. The van der Waals surface area contributed by atoms with E-state index in [1.54, 1.807) is 0 Å². The smallest absolute Gasteiger partial charge is 0.326 e. The highest BCUT2D eigenvalue weighted by molar-refractivity contribution is 5.94. The Labute approximate surface area is 171 Å². The van der Waals surface area contributed by atoms with Gasteiger partial charge in [-0.15, -0.1) is 0 Å². The summed E-state index contributed by atoms with van der Waals surface area (Å²) in [7, 11) is 0. The van der Waals surface area contributed by atoms with Crippen molar-refractivity contribution in [3.63, 3.8) is 0 Å². The van der Waals surface area contributed by atoms with Crippen LogP contribution in [-0.4, -0.2) is 81.7 Å². The molecule has 0 saturated heterocycles. The van der Waals surface area contributed by atoms with Crippen LogP contribution in [0, 0.1) is 0 Å². The summed E-state index contributed by atoms with van der Waals surface area (Å²) in [5.74, 6) is -6.18. The third-order valence-electron chi connectivity index (χ3n) is 3.86. The third-order valence-corrected chi connectivity index (χ3v) is 3.86. The van der Waals surface area contributed by atoms with Gasteiger partial charge in [-0.1, -0.05) is 0 Å². The van der Waals surface area contributed by atoms with Crippen LogP contribution in [0.1, 0.15) is 32.6 Å². The molecule has 0 rings (SSSR count). The van der Waals surface area contributed by atoms with Gasteiger partial charge in [-0.2, -0.15) is 0 Å². The topological polar surface area (TPSA) is 251 Å². The number of carboxylic acids is 2. The van der Waals surface area contributed by atoms with Gasteiger partial charge in [-0.3, -0.25) is 24.0 Å². The van der Waals surface area contributed by atoms with Crippen LogP contribution in [0.15, 0.2) is 0 Å². The predicted molar refractivity (Wildman–Crippen MR) is 99.5 cm³/mol. The second-order valence-electron chi connectivity index (χ2n) is 6.42. The van der Waals surface area contributed by atoms with Gasteiger partial charge in [0.25, 0.3) is 0 Å². The first-order valence-electron chi connectivity index (χ1n) is 8.89. The highest BCUT2D eigenvalue weighted by atomic mass is 16.4. The average molecular weight is 433 g/mol. The van der Waals surface area contributed by atoms with Gasteiger partial charge in [0.05, 0.1) is 6.61 Å². The van der Waals surface area contributed by atoms with Gasteiger partial charge in [-0.05, 0) is 19.8 Å². The summed E-state index contributed by atoms with van der Waals surface area (Å²) in [5, 5.41) is 33.2. The van der Waals surface area contributed by atoms with Crippen molar-refractivity contribution in [1.82, 2.24) is 16.0 Å². The molecule has 0 radical (unpaired) electrons. The van der Waals surface area contributed by atoms with Crippen LogP contribution >= 0.6 is 0 Å². The van der Waals surface area contributed by atoms with Crippen molar-refractivity contribution >= 4 is 35.6 Å². The Bertz CT molecular complexity index is 669. The first-order valence-corrected chi connectivity index (χ1v) is 8.89. The van der Waals surface area contributed by atoms with Gasteiger partial charge in [-0.25, -0.2) is 4.79 Å². The van der Waals surface area contributed by atoms with Crippen molar-refractivity contribution in [2.75, 3.05) is 6.61 Å². The normalized spacial score (nSPS) is 14.5. The van der Waals surface area contributed by atoms with Crippen LogP contribution in [-0.2, 0) is 28.8 Å². The van der Waals surface area contributed by atoms with Gasteiger partial charge in [0.1, 0.15) is 24.2 Å². The number of aliphatic hydroxyl groups excluding tert-OH is 1. The molecule has 0 saturated carbocycles. The molecule has 0 aliphatic rings. The third kappa shape index (κ3) is 10.3. The molecule has 30 heavy (non-hydrogen) atoms. The number of hydrogen-bond acceptors (Lipinski definition) is 8. The monoisotopic (exact) mass is 433 g/mol. The van der Waals surface area contributed by atoms with Crippen molar-refractivity contribution in [2.24, 2.45) is 11.5 Å². The lowest BCUT2D eigenvalue weighted by molar-refractivity contribution is -0.143. The zero-order chi connectivity index (χ0) is 23.4. The van der Waals surface area contributed by atoms with E-state index in [-0.39, 0.29) is 12.8 Å². The summed E-state index contributed by atoms with van der Waals surface area (Å²) in [4.78, 5) is 69.2. The fourth-order valence-electron chi connectivity index (χ4n) is 2.12. The predicted octanol–water partition coefficient (Wildman–Crippen LogP) is -4.00. The molecule has 14 nitrogen and oxygen atoms in total. The minimum atomic E-state index is -1.54. The number of rotatable bonds is 14. The standard InChI is InChI=1S/C16H27N5O9/c1-7(19-14(27)8(17)6-22)13(26)20-9(2-4-11(18)23)15(28)21-10(16(29)30)3-5-12(24)25/h7-10,22H,2-6,17H2,1H3,(H2,18,23)(H,19,27)(H,20,26)(H,21,28)(H,24,25)(H,29,30). The van der Waals surface area contributed by atoms with Crippen LogP contribution in [0.3, 0.4) is 0 Å². The molecule has 4 atom stereocenters. The van der Waals surface area contributed by atoms with Crippen molar-refractivity contribution in [2.45, 2.75) is 56.8 Å². The van der Waals surface area contributed by atoms with Crippen molar-refractivity contribution in [1.29, 1.82) is 0 Å². The molecule has 14 heteroatoms. The number of carbonyl (C=O) groups is 6. The lowest BCUT2D eigenvalue weighted by Crippen LogP contribution is -2.56. The summed E-state index contributed by atoms with van der Waals surface area (Å²) in [6.45, 7) is 0.615. The van der Waals surface area contributed by atoms with Crippen LogP contribution in [0.4, 0.5) is 0 Å². The maximum absolute atomic E-state index is 12.4. The van der Waals surface area contributed by atoms with Crippen LogP contribution in [0.25, 0.3) is 0 Å². The Kier molecular flexibility index (Phi) is 11.6. The van der Waals surface area contributed by atoms with E-state index in [0.717, 1.165) is 0 Å². The van der Waals surface area contributed by atoms with Gasteiger partial charge in [0, 0.05) is 12.8 Å². The first kappa shape index (κ1) is 26.7. The number of primary amides is 1. The van der Waals surface area contributed by atoms with Crippen LogP contribution in [0.2, 0.25) is 0 Å². The van der Waals surface area contributed by atoms with Gasteiger partial charge < -0.3 is 42.7 Å². The number of nitrogens with two attached hydrogens (primary N) is 2. The van der Waals surface area contributed by atoms with E-state index in [4.69, 9.17) is 26.8 Å². The molecule has 0 aromatic carbocycles. The number of aliphatic hydroxyl groups is 1. The lowest BCUT2D eigenvalue weighted by atomic mass is 10.1. The average Bonchev–Trinajstić information content (AvgIpc) is 2.66. The Balaban J connectivity index is 5.18. The minimum Gasteiger partial charge on any atom is -0.481 e. The summed E-state index contributed by atoms with van der Waals surface area (Å²) in [6.07, 6.45) is -1.52. The Morgan fingerprint density at radius 2 is 1.37 bits per heavy atom. The van der Waals surface area contributed by atoms with E-state index in [0.29, 0.717) is 0 Å². The van der Waals surface area contributed by atoms with Crippen LogP contribution in [0.5, 0.6) is 0 Å². The molecule has 0 spiro atoms. The molecule has 0 fully saturated rings. The Morgan fingerprint density at radius 1 is 0.833 bits per heavy atom. The summed E-state index contributed by atoms with van der Waals surface area (Å²) in [5.41, 5.74) is 10.4. The minimum absolute atomic E-state index is 0.269. The van der Waals surface area contributed by atoms with E-state index in [1.807, 2.05) is 0 Å². The fourth-order valence-corrected chi connectivity index (χ4v) is 2.12. The fraction of sp³-hybridized carbons (Fsp3) is 0.625. The number of amides is 4. The molecule has 0 aromatic rings. The molecule has 0 aliphatic heterocycles. The molecule has 0 heterocycles. The summed E-state index contributed by atoms with van der Waals surface area (Å²) < 4.78 is 0. The van der Waals surface area contributed by atoms with E-state index in [2.05, 4.69) is 16.0 Å². The van der Waals surface area contributed by atoms with Gasteiger partial charge in [0.15, 0.2) is 0 Å². The molecular formula is C16H27N5O9. The molecule has 4 unspecified atom stereocenters. The number of carbonyl (C=O) groups excluding carboxylic acids is 4.